The van der Waals surface area contributed by atoms with Gasteiger partial charge in [0.15, 0.2) is 0 Å². The first-order chi connectivity index (χ1) is 20.9. The zero-order chi connectivity index (χ0) is 31.5. The zero-order valence-corrected chi connectivity index (χ0v) is 25.6. The second-order valence-electron chi connectivity index (χ2n) is 10.0. The summed E-state index contributed by atoms with van der Waals surface area (Å²) in [6.07, 6.45) is 13.3. The van der Waals surface area contributed by atoms with Crippen LogP contribution in [0.25, 0.3) is 17.0 Å². The first kappa shape index (κ1) is 35.1. The summed E-state index contributed by atoms with van der Waals surface area (Å²) in [7, 11) is 0. The van der Waals surface area contributed by atoms with Gasteiger partial charge in [0.05, 0.1) is 0 Å². The molecule has 5 rings (SSSR count). The summed E-state index contributed by atoms with van der Waals surface area (Å²) in [5, 5.41) is 24.4. The number of hydroxylamine groups is 2. The molecule has 9 N–H and O–H groups in total. The van der Waals surface area contributed by atoms with Crippen LogP contribution in [0, 0.1) is 0 Å². The van der Waals surface area contributed by atoms with Gasteiger partial charge in [0.25, 0.3) is 5.91 Å². The molecule has 0 unspecified atom stereocenters. The predicted molar refractivity (Wildman–Crippen MR) is 174 cm³/mol. The Morgan fingerprint density at radius 1 is 1.00 bits per heavy atom. The molecule has 1 aliphatic carbocycles. The molecular formula is C33H48N6O4. The number of aromatic nitrogens is 1. The second-order valence-corrected chi connectivity index (χ2v) is 10.0. The maximum Gasteiger partial charge on any atom is 0.267 e. The standard InChI is InChI=1S/C23H26N4O2.C6H11N.C2H5NO2.C2H6/c28-21(27-29)11-10-16-6-8-17(9-7-16)15-24-14-12-18-3-1-5-20-22(18)19-4-2-13-25-23(19)26-20;7-6-4-2-1-3-5-6;1-2(4)3-5;1-2/h1,3,5-11,24-26,29H,2,4,12-15H2,(H,27,28);4H,1-3,5,7H2;5H,1H3,(H,3,4);1-2H3/b11-10+;;;. The average molecular weight is 593 g/mol. The fourth-order valence-electron chi connectivity index (χ4n) is 4.76. The number of nitrogens with one attached hydrogen (secondary N) is 5. The van der Waals surface area contributed by atoms with Crippen LogP contribution in [0.5, 0.6) is 0 Å². The van der Waals surface area contributed by atoms with Gasteiger partial charge in [0, 0.05) is 48.3 Å². The molecule has 0 bridgehead atoms. The number of anilines is 1. The van der Waals surface area contributed by atoms with E-state index in [2.05, 4.69) is 39.9 Å². The first-order valence-corrected chi connectivity index (χ1v) is 15.0. The number of fused-ring (bicyclic) bond motifs is 3. The molecule has 43 heavy (non-hydrogen) atoms. The van der Waals surface area contributed by atoms with Crippen molar-refractivity contribution in [2.24, 2.45) is 5.73 Å². The smallest absolute Gasteiger partial charge is 0.267 e. The normalized spacial score (nSPS) is 13.5. The number of nitrogens with two attached hydrogens (primary N) is 1. The van der Waals surface area contributed by atoms with Gasteiger partial charge in [-0.15, -0.1) is 0 Å². The predicted octanol–water partition coefficient (Wildman–Crippen LogP) is 5.32. The number of carbonyl (C=O) groups excluding carboxylic acids is 2. The quantitative estimate of drug-likeness (QED) is 0.0796. The highest BCUT2D eigenvalue weighted by molar-refractivity contribution is 5.92. The van der Waals surface area contributed by atoms with Gasteiger partial charge in [-0.05, 0) is 80.3 Å². The number of aromatic amines is 1. The number of hydrogen-bond donors (Lipinski definition) is 8. The van der Waals surface area contributed by atoms with Crippen LogP contribution in [-0.2, 0) is 29.0 Å². The van der Waals surface area contributed by atoms with Crippen molar-refractivity contribution >= 4 is 34.6 Å². The summed E-state index contributed by atoms with van der Waals surface area (Å²) in [4.78, 5) is 24.0. The molecule has 10 nitrogen and oxygen atoms in total. The Morgan fingerprint density at radius 3 is 2.35 bits per heavy atom. The van der Waals surface area contributed by atoms with Gasteiger partial charge >= 0.3 is 0 Å². The number of hydrogen-bond acceptors (Lipinski definition) is 7. The van der Waals surface area contributed by atoms with Crippen LogP contribution in [0.1, 0.15) is 75.1 Å². The summed E-state index contributed by atoms with van der Waals surface area (Å²) in [5.41, 5.74) is 15.7. The minimum absolute atomic E-state index is 0.440. The number of rotatable bonds is 7. The van der Waals surface area contributed by atoms with E-state index in [1.165, 1.54) is 77.6 Å². The van der Waals surface area contributed by atoms with E-state index in [4.69, 9.17) is 16.1 Å². The van der Waals surface area contributed by atoms with Crippen LogP contribution in [0.3, 0.4) is 0 Å². The van der Waals surface area contributed by atoms with E-state index in [-0.39, 0.29) is 0 Å². The van der Waals surface area contributed by atoms with Gasteiger partial charge in [-0.2, -0.15) is 0 Å². The molecule has 0 atom stereocenters. The van der Waals surface area contributed by atoms with Gasteiger partial charge in [-0.3, -0.25) is 20.0 Å². The van der Waals surface area contributed by atoms with E-state index in [1.54, 1.807) is 11.6 Å². The summed E-state index contributed by atoms with van der Waals surface area (Å²) in [6.45, 7) is 7.97. The Labute approximate surface area is 254 Å². The van der Waals surface area contributed by atoms with Crippen molar-refractivity contribution in [2.45, 2.75) is 72.3 Å². The van der Waals surface area contributed by atoms with Crippen LogP contribution in [0.15, 0.2) is 60.3 Å². The number of H-pyrrole nitrogens is 1. The van der Waals surface area contributed by atoms with Crippen molar-refractivity contribution in [2.75, 3.05) is 18.4 Å². The van der Waals surface area contributed by atoms with Crippen molar-refractivity contribution < 1.29 is 20.0 Å². The van der Waals surface area contributed by atoms with Crippen LogP contribution in [0.4, 0.5) is 5.82 Å². The van der Waals surface area contributed by atoms with Crippen LogP contribution in [0.2, 0.25) is 0 Å². The van der Waals surface area contributed by atoms with Crippen molar-refractivity contribution in [1.29, 1.82) is 0 Å². The molecule has 0 saturated carbocycles. The molecule has 0 fully saturated rings. The third-order valence-electron chi connectivity index (χ3n) is 6.82. The van der Waals surface area contributed by atoms with E-state index in [0.717, 1.165) is 50.2 Å². The SMILES string of the molecule is CC.CC(=O)NO.NC1=CCCCC1.O=C(/C=C/c1ccc(CNCCc2cccc3[nH]c4c(c23)CCCN4)cc1)NO. The molecule has 1 aromatic heterocycles. The molecule has 234 valence electrons. The van der Waals surface area contributed by atoms with Crippen molar-refractivity contribution in [3.8, 4) is 0 Å². The molecule has 2 heterocycles. The maximum atomic E-state index is 11.0. The second kappa shape index (κ2) is 19.9. The van der Waals surface area contributed by atoms with Crippen LogP contribution < -0.4 is 27.3 Å². The molecule has 0 saturated heterocycles. The Hall–Kier alpha value is -4.12. The lowest BCUT2D eigenvalue weighted by molar-refractivity contribution is -0.127. The minimum atomic E-state index is -0.537. The number of aryl methyl sites for hydroxylation is 1. The molecule has 2 aliphatic rings. The Kier molecular flexibility index (Phi) is 16.2. The fourth-order valence-corrected chi connectivity index (χ4v) is 4.76. The van der Waals surface area contributed by atoms with E-state index >= 15 is 0 Å². The highest BCUT2D eigenvalue weighted by atomic mass is 16.5. The average Bonchev–Trinajstić information content (AvgIpc) is 3.44. The van der Waals surface area contributed by atoms with E-state index in [0.29, 0.717) is 0 Å². The molecule has 3 aromatic rings. The molecular weight excluding hydrogens is 544 g/mol. The third-order valence-corrected chi connectivity index (χ3v) is 6.82. The Bertz CT molecular complexity index is 1330. The highest BCUT2D eigenvalue weighted by Gasteiger charge is 2.17. The lowest BCUT2D eigenvalue weighted by Gasteiger charge is -2.14. The fraction of sp³-hybridized carbons (Fsp3) is 0.394. The molecule has 2 amide bonds. The zero-order valence-electron chi connectivity index (χ0n) is 25.6. The molecule has 0 radical (unpaired) electrons. The lowest BCUT2D eigenvalue weighted by atomic mass is 9.99. The van der Waals surface area contributed by atoms with Gasteiger partial charge in [-0.1, -0.05) is 56.3 Å². The molecule has 1 aliphatic heterocycles. The number of allylic oxidation sites excluding steroid dienone is 2. The maximum absolute atomic E-state index is 11.0. The summed E-state index contributed by atoms with van der Waals surface area (Å²) in [5.74, 6) is 0.215. The lowest BCUT2D eigenvalue weighted by Crippen LogP contribution is -2.17. The van der Waals surface area contributed by atoms with Crippen LogP contribution >= 0.6 is 0 Å². The molecule has 2 aromatic carbocycles. The molecule has 10 heteroatoms. The Balaban J connectivity index is 0.000000383. The van der Waals surface area contributed by atoms with E-state index < -0.39 is 11.8 Å². The van der Waals surface area contributed by atoms with E-state index in [9.17, 15) is 9.59 Å². The first-order valence-electron chi connectivity index (χ1n) is 15.0. The largest absolute Gasteiger partial charge is 0.402 e. The van der Waals surface area contributed by atoms with Gasteiger partial charge in [0.2, 0.25) is 5.91 Å². The van der Waals surface area contributed by atoms with Crippen LogP contribution in [-0.4, -0.2) is 40.3 Å². The van der Waals surface area contributed by atoms with Crippen molar-refractivity contribution in [3.63, 3.8) is 0 Å². The number of amides is 2. The summed E-state index contributed by atoms with van der Waals surface area (Å²) >= 11 is 0. The highest BCUT2D eigenvalue weighted by Crippen LogP contribution is 2.32. The topological polar surface area (TPSA) is 165 Å². The molecule has 0 spiro atoms. The van der Waals surface area contributed by atoms with Crippen molar-refractivity contribution in [1.82, 2.24) is 21.3 Å². The van der Waals surface area contributed by atoms with Crippen molar-refractivity contribution in [3.05, 3.63) is 82.6 Å². The van der Waals surface area contributed by atoms with Gasteiger partial charge in [0.1, 0.15) is 5.82 Å². The Morgan fingerprint density at radius 2 is 1.74 bits per heavy atom. The summed E-state index contributed by atoms with van der Waals surface area (Å²) < 4.78 is 0. The third kappa shape index (κ3) is 12.3. The monoisotopic (exact) mass is 592 g/mol. The van der Waals surface area contributed by atoms with Gasteiger partial charge < -0.3 is 21.4 Å². The number of carbonyl (C=O) groups is 2. The minimum Gasteiger partial charge on any atom is -0.402 e. The summed E-state index contributed by atoms with van der Waals surface area (Å²) in [6, 6.07) is 14.5. The van der Waals surface area contributed by atoms with E-state index in [1.807, 2.05) is 38.1 Å². The number of benzene rings is 2. The van der Waals surface area contributed by atoms with Gasteiger partial charge in [-0.25, -0.2) is 11.0 Å².